The number of amides is 1. The first kappa shape index (κ1) is 16.1. The third kappa shape index (κ3) is 4.18. The molecule has 0 saturated carbocycles. The number of halogens is 1. The van der Waals surface area contributed by atoms with Crippen LogP contribution in [0.5, 0.6) is 5.75 Å². The highest BCUT2D eigenvalue weighted by molar-refractivity contribution is 6.30. The maximum Gasteiger partial charge on any atom is 0.291 e. The summed E-state index contributed by atoms with van der Waals surface area (Å²) in [6.45, 7) is 2.25. The number of ether oxygens (including phenoxy) is 1. The Morgan fingerprint density at radius 1 is 1.04 bits per heavy atom. The minimum atomic E-state index is -0.280. The first-order valence-corrected chi connectivity index (χ1v) is 7.83. The lowest BCUT2D eigenvalue weighted by Crippen LogP contribution is -2.10. The van der Waals surface area contributed by atoms with Gasteiger partial charge in [-0.2, -0.15) is 0 Å². The number of hydrogen-bond acceptors (Lipinski definition) is 3. The van der Waals surface area contributed by atoms with E-state index in [-0.39, 0.29) is 11.7 Å². The van der Waals surface area contributed by atoms with Crippen molar-refractivity contribution in [1.82, 2.24) is 0 Å². The van der Waals surface area contributed by atoms with E-state index in [9.17, 15) is 4.79 Å². The maximum atomic E-state index is 12.0. The van der Waals surface area contributed by atoms with Gasteiger partial charge in [0.1, 0.15) is 18.1 Å². The van der Waals surface area contributed by atoms with Crippen molar-refractivity contribution in [3.63, 3.8) is 0 Å². The van der Waals surface area contributed by atoms with Crippen molar-refractivity contribution in [3.8, 4) is 5.75 Å². The van der Waals surface area contributed by atoms with Crippen LogP contribution in [0.1, 0.15) is 21.9 Å². The van der Waals surface area contributed by atoms with Gasteiger partial charge in [-0.25, -0.2) is 0 Å². The van der Waals surface area contributed by atoms with Gasteiger partial charge in [0.05, 0.1) is 0 Å². The molecule has 1 aromatic heterocycles. The second-order valence-electron chi connectivity index (χ2n) is 5.30. The molecule has 0 aliphatic heterocycles. The molecule has 0 aliphatic rings. The third-order valence-corrected chi connectivity index (χ3v) is 3.65. The topological polar surface area (TPSA) is 51.5 Å². The van der Waals surface area contributed by atoms with Gasteiger partial charge in [0.25, 0.3) is 5.91 Å². The van der Waals surface area contributed by atoms with E-state index >= 15 is 0 Å². The van der Waals surface area contributed by atoms with E-state index in [1.165, 1.54) is 0 Å². The fourth-order valence-electron chi connectivity index (χ4n) is 2.13. The molecule has 0 radical (unpaired) electrons. The molecule has 0 atom stereocenters. The van der Waals surface area contributed by atoms with Crippen LogP contribution in [-0.4, -0.2) is 5.91 Å². The molecule has 24 heavy (non-hydrogen) atoms. The molecule has 0 unspecified atom stereocenters. The van der Waals surface area contributed by atoms with Gasteiger partial charge >= 0.3 is 0 Å². The normalized spacial score (nSPS) is 10.4. The summed E-state index contributed by atoms with van der Waals surface area (Å²) >= 11 is 5.85. The molecular formula is C19H16ClNO3. The van der Waals surface area contributed by atoms with Crippen LogP contribution in [0.3, 0.4) is 0 Å². The van der Waals surface area contributed by atoms with Crippen LogP contribution < -0.4 is 10.1 Å². The van der Waals surface area contributed by atoms with Crippen molar-refractivity contribution in [3.05, 3.63) is 82.8 Å². The minimum absolute atomic E-state index is 0.280. The largest absolute Gasteiger partial charge is 0.489 e. The molecule has 0 aliphatic carbocycles. The second-order valence-corrected chi connectivity index (χ2v) is 5.74. The Kier molecular flexibility index (Phi) is 4.87. The molecule has 5 heteroatoms. The van der Waals surface area contributed by atoms with Crippen LogP contribution >= 0.6 is 11.6 Å². The maximum absolute atomic E-state index is 12.0. The summed E-state index contributed by atoms with van der Waals surface area (Å²) in [7, 11) is 0. The van der Waals surface area contributed by atoms with Gasteiger partial charge in [0, 0.05) is 10.7 Å². The number of hydrogen-bond donors (Lipinski definition) is 1. The average Bonchev–Trinajstić information content (AvgIpc) is 3.02. The Labute approximate surface area is 145 Å². The number of aryl methyl sites for hydroxylation is 1. The fourth-order valence-corrected chi connectivity index (χ4v) is 2.26. The van der Waals surface area contributed by atoms with Crippen molar-refractivity contribution in [2.75, 3.05) is 5.32 Å². The van der Waals surface area contributed by atoms with E-state index in [1.54, 1.807) is 43.3 Å². The standard InChI is InChI=1S/C19H16ClNO3/c1-13-2-11-18(24-13)19(22)21-16-7-9-17(10-8-16)23-12-14-3-5-15(20)6-4-14/h2-11H,12H2,1H3,(H,21,22). The molecule has 1 amide bonds. The molecule has 1 heterocycles. The zero-order valence-electron chi connectivity index (χ0n) is 13.1. The Morgan fingerprint density at radius 3 is 2.38 bits per heavy atom. The first-order chi connectivity index (χ1) is 11.6. The molecule has 0 bridgehead atoms. The average molecular weight is 342 g/mol. The predicted molar refractivity (Wildman–Crippen MR) is 93.6 cm³/mol. The number of benzene rings is 2. The van der Waals surface area contributed by atoms with Crippen molar-refractivity contribution in [1.29, 1.82) is 0 Å². The Balaban J connectivity index is 1.57. The van der Waals surface area contributed by atoms with Crippen molar-refractivity contribution < 1.29 is 13.9 Å². The number of rotatable bonds is 5. The van der Waals surface area contributed by atoms with Gasteiger partial charge in [0.2, 0.25) is 0 Å². The number of carbonyl (C=O) groups is 1. The molecule has 122 valence electrons. The van der Waals surface area contributed by atoms with Crippen molar-refractivity contribution >= 4 is 23.2 Å². The summed E-state index contributed by atoms with van der Waals surface area (Å²) < 4.78 is 11.0. The van der Waals surface area contributed by atoms with Gasteiger partial charge in [-0.1, -0.05) is 23.7 Å². The van der Waals surface area contributed by atoms with Gasteiger partial charge < -0.3 is 14.5 Å². The monoisotopic (exact) mass is 341 g/mol. The number of nitrogens with one attached hydrogen (secondary N) is 1. The molecule has 4 nitrogen and oxygen atoms in total. The third-order valence-electron chi connectivity index (χ3n) is 3.40. The Morgan fingerprint density at radius 2 is 1.75 bits per heavy atom. The summed E-state index contributed by atoms with van der Waals surface area (Å²) in [4.78, 5) is 12.0. The van der Waals surface area contributed by atoms with E-state index < -0.39 is 0 Å². The molecule has 3 aromatic rings. The quantitative estimate of drug-likeness (QED) is 0.704. The highest BCUT2D eigenvalue weighted by atomic mass is 35.5. The minimum Gasteiger partial charge on any atom is -0.489 e. The second kappa shape index (κ2) is 7.23. The highest BCUT2D eigenvalue weighted by Crippen LogP contribution is 2.19. The van der Waals surface area contributed by atoms with Crippen LogP contribution in [0, 0.1) is 6.92 Å². The molecule has 0 fully saturated rings. The van der Waals surface area contributed by atoms with Crippen LogP contribution in [0.2, 0.25) is 5.02 Å². The molecular weight excluding hydrogens is 326 g/mol. The fraction of sp³-hybridized carbons (Fsp3) is 0.105. The molecule has 0 spiro atoms. The van der Waals surface area contributed by atoms with E-state index in [1.807, 2.05) is 24.3 Å². The zero-order chi connectivity index (χ0) is 16.9. The highest BCUT2D eigenvalue weighted by Gasteiger charge is 2.10. The number of carbonyl (C=O) groups excluding carboxylic acids is 1. The number of anilines is 1. The van der Waals surface area contributed by atoms with Crippen LogP contribution in [-0.2, 0) is 6.61 Å². The summed E-state index contributed by atoms with van der Waals surface area (Å²) in [6.07, 6.45) is 0. The summed E-state index contributed by atoms with van der Waals surface area (Å²) in [5.41, 5.74) is 1.71. The summed E-state index contributed by atoms with van der Waals surface area (Å²) in [5.74, 6) is 1.43. The Bertz CT molecular complexity index is 823. The lowest BCUT2D eigenvalue weighted by Gasteiger charge is -2.08. The van der Waals surface area contributed by atoms with Crippen LogP contribution in [0.4, 0.5) is 5.69 Å². The van der Waals surface area contributed by atoms with Crippen molar-refractivity contribution in [2.45, 2.75) is 13.5 Å². The van der Waals surface area contributed by atoms with E-state index in [4.69, 9.17) is 20.8 Å². The zero-order valence-corrected chi connectivity index (χ0v) is 13.8. The van der Waals surface area contributed by atoms with Gasteiger partial charge in [-0.3, -0.25) is 4.79 Å². The van der Waals surface area contributed by atoms with Gasteiger partial charge in [0.15, 0.2) is 5.76 Å². The van der Waals surface area contributed by atoms with E-state index in [0.717, 1.165) is 11.3 Å². The van der Waals surface area contributed by atoms with Crippen LogP contribution in [0.25, 0.3) is 0 Å². The van der Waals surface area contributed by atoms with Gasteiger partial charge in [-0.15, -0.1) is 0 Å². The van der Waals surface area contributed by atoms with E-state index in [0.29, 0.717) is 23.1 Å². The lowest BCUT2D eigenvalue weighted by atomic mass is 10.2. The van der Waals surface area contributed by atoms with Gasteiger partial charge in [-0.05, 0) is 61.0 Å². The lowest BCUT2D eigenvalue weighted by molar-refractivity contribution is 0.0995. The first-order valence-electron chi connectivity index (χ1n) is 7.45. The smallest absolute Gasteiger partial charge is 0.291 e. The van der Waals surface area contributed by atoms with Crippen LogP contribution in [0.15, 0.2) is 65.1 Å². The predicted octanol–water partition coefficient (Wildman–Crippen LogP) is 5.07. The van der Waals surface area contributed by atoms with Crippen molar-refractivity contribution in [2.24, 2.45) is 0 Å². The van der Waals surface area contributed by atoms with E-state index in [2.05, 4.69) is 5.32 Å². The molecule has 2 aromatic carbocycles. The molecule has 3 rings (SSSR count). The summed E-state index contributed by atoms with van der Waals surface area (Å²) in [5, 5.41) is 3.48. The number of furan rings is 1. The molecule has 0 saturated heterocycles. The summed E-state index contributed by atoms with van der Waals surface area (Å²) in [6, 6.07) is 18.1. The SMILES string of the molecule is Cc1ccc(C(=O)Nc2ccc(OCc3ccc(Cl)cc3)cc2)o1. The Hall–Kier alpha value is -2.72. The molecule has 1 N–H and O–H groups in total.